The zero-order valence-corrected chi connectivity index (χ0v) is 12.7. The minimum Gasteiger partial charge on any atom is -0.445 e. The van der Waals surface area contributed by atoms with Crippen molar-refractivity contribution < 1.29 is 9.53 Å². The molecule has 3 fully saturated rings. The number of piperidine rings is 2. The minimum atomic E-state index is -0.177. The maximum Gasteiger partial charge on any atom is 0.411 e. The molecule has 4 heteroatoms. The summed E-state index contributed by atoms with van der Waals surface area (Å²) >= 11 is 0. The third kappa shape index (κ3) is 2.91. The maximum atomic E-state index is 12.5. The van der Waals surface area contributed by atoms with Crippen molar-refractivity contribution in [2.75, 3.05) is 13.1 Å². The molecular weight excluding hydrogens is 264 g/mol. The molecule has 0 aromatic heterocycles. The summed E-state index contributed by atoms with van der Waals surface area (Å²) in [7, 11) is 0. The van der Waals surface area contributed by atoms with Crippen LogP contribution in [-0.2, 0) is 11.3 Å². The van der Waals surface area contributed by atoms with Crippen LogP contribution in [0.2, 0.25) is 0 Å². The first-order chi connectivity index (χ1) is 10.2. The second-order valence-corrected chi connectivity index (χ2v) is 6.16. The molecule has 3 aliphatic rings. The van der Waals surface area contributed by atoms with Gasteiger partial charge >= 0.3 is 6.09 Å². The molecule has 1 aliphatic carbocycles. The number of nitrogens with one attached hydrogen (secondary N) is 1. The van der Waals surface area contributed by atoms with Crippen LogP contribution in [0.5, 0.6) is 0 Å². The van der Waals surface area contributed by atoms with Crippen molar-refractivity contribution in [1.29, 1.82) is 0 Å². The summed E-state index contributed by atoms with van der Waals surface area (Å²) in [5.41, 5.74) is 0.864. The van der Waals surface area contributed by atoms with Crippen LogP contribution in [0.15, 0.2) is 30.3 Å². The average molecular weight is 288 g/mol. The molecule has 4 nitrogen and oxygen atoms in total. The molecule has 2 bridgehead atoms. The standard InChI is InChI=1S/C17H24N2O2/c1-2-18-17-10-8-14(9-11-17)12-19(17)16(20)21-13-15-6-4-3-5-7-15/h3-7,14,18H,2,8-13H2,1H3. The van der Waals surface area contributed by atoms with Gasteiger partial charge in [-0.2, -0.15) is 0 Å². The summed E-state index contributed by atoms with van der Waals surface area (Å²) in [6.07, 6.45) is 4.35. The number of carbonyl (C=O) groups excluding carboxylic acids is 1. The van der Waals surface area contributed by atoms with Crippen LogP contribution < -0.4 is 5.32 Å². The summed E-state index contributed by atoms with van der Waals surface area (Å²) in [6, 6.07) is 9.86. The number of carbonyl (C=O) groups is 1. The van der Waals surface area contributed by atoms with E-state index in [1.165, 1.54) is 12.8 Å². The van der Waals surface area contributed by atoms with Gasteiger partial charge < -0.3 is 4.74 Å². The Kier molecular flexibility index (Phi) is 4.15. The van der Waals surface area contributed by atoms with Crippen molar-refractivity contribution in [3.8, 4) is 0 Å². The van der Waals surface area contributed by atoms with Gasteiger partial charge in [-0.05, 0) is 43.7 Å². The summed E-state index contributed by atoms with van der Waals surface area (Å²) in [4.78, 5) is 14.4. The van der Waals surface area contributed by atoms with Crippen molar-refractivity contribution in [3.05, 3.63) is 35.9 Å². The highest BCUT2D eigenvalue weighted by molar-refractivity contribution is 5.69. The maximum absolute atomic E-state index is 12.5. The van der Waals surface area contributed by atoms with Crippen LogP contribution in [0.1, 0.15) is 38.2 Å². The molecule has 2 aliphatic heterocycles. The van der Waals surface area contributed by atoms with Gasteiger partial charge in [-0.25, -0.2) is 4.79 Å². The first-order valence-corrected chi connectivity index (χ1v) is 7.97. The lowest BCUT2D eigenvalue weighted by atomic mass is 9.75. The molecule has 114 valence electrons. The van der Waals surface area contributed by atoms with Crippen molar-refractivity contribution in [2.24, 2.45) is 5.92 Å². The lowest BCUT2D eigenvalue weighted by Gasteiger charge is -2.54. The van der Waals surface area contributed by atoms with E-state index in [9.17, 15) is 4.79 Å². The summed E-state index contributed by atoms with van der Waals surface area (Å²) in [5.74, 6) is 0.648. The third-order valence-corrected chi connectivity index (χ3v) is 4.82. The Labute approximate surface area is 126 Å². The zero-order chi connectivity index (χ0) is 14.7. The average Bonchev–Trinajstić information content (AvgIpc) is 2.54. The number of amides is 1. The van der Waals surface area contributed by atoms with Gasteiger partial charge in [-0.1, -0.05) is 37.3 Å². The number of hydrogen-bond acceptors (Lipinski definition) is 3. The van der Waals surface area contributed by atoms with Crippen LogP contribution in [0.3, 0.4) is 0 Å². The highest BCUT2D eigenvalue weighted by atomic mass is 16.6. The molecule has 0 spiro atoms. The van der Waals surface area contributed by atoms with E-state index < -0.39 is 0 Å². The van der Waals surface area contributed by atoms with Gasteiger partial charge in [0.15, 0.2) is 0 Å². The molecule has 1 saturated carbocycles. The smallest absolute Gasteiger partial charge is 0.411 e. The lowest BCUT2D eigenvalue weighted by Crippen LogP contribution is -2.67. The fourth-order valence-corrected chi connectivity index (χ4v) is 3.69. The van der Waals surface area contributed by atoms with Crippen molar-refractivity contribution >= 4 is 6.09 Å². The normalized spacial score (nSPS) is 27.7. The van der Waals surface area contributed by atoms with E-state index in [0.29, 0.717) is 12.5 Å². The molecule has 0 unspecified atom stereocenters. The number of fused-ring (bicyclic) bond motifs is 3. The lowest BCUT2D eigenvalue weighted by molar-refractivity contribution is -0.0503. The molecule has 2 saturated heterocycles. The van der Waals surface area contributed by atoms with Crippen molar-refractivity contribution in [2.45, 2.75) is 44.9 Å². The second-order valence-electron chi connectivity index (χ2n) is 6.16. The SMILES string of the molecule is CCNC12CCC(CC1)CN2C(=O)OCc1ccccc1. The molecule has 1 amide bonds. The fraction of sp³-hybridized carbons (Fsp3) is 0.588. The zero-order valence-electron chi connectivity index (χ0n) is 12.7. The molecular formula is C17H24N2O2. The van der Waals surface area contributed by atoms with Crippen LogP contribution in [0.25, 0.3) is 0 Å². The van der Waals surface area contributed by atoms with Gasteiger partial charge in [0.05, 0.1) is 5.66 Å². The Hall–Kier alpha value is -1.55. The van der Waals surface area contributed by atoms with E-state index >= 15 is 0 Å². The third-order valence-electron chi connectivity index (χ3n) is 4.82. The largest absolute Gasteiger partial charge is 0.445 e. The van der Waals surface area contributed by atoms with Crippen LogP contribution in [0.4, 0.5) is 4.79 Å². The highest BCUT2D eigenvalue weighted by Crippen LogP contribution is 2.41. The summed E-state index contributed by atoms with van der Waals surface area (Å²) < 4.78 is 5.54. The first-order valence-electron chi connectivity index (χ1n) is 7.97. The number of rotatable bonds is 4. The van der Waals surface area contributed by atoms with Gasteiger partial charge in [0, 0.05) is 6.54 Å². The first kappa shape index (κ1) is 14.4. The topological polar surface area (TPSA) is 41.6 Å². The summed E-state index contributed by atoms with van der Waals surface area (Å²) in [6.45, 7) is 4.17. The van der Waals surface area contributed by atoms with E-state index in [1.807, 2.05) is 35.2 Å². The number of ether oxygens (including phenoxy) is 1. The van der Waals surface area contributed by atoms with Crippen molar-refractivity contribution in [1.82, 2.24) is 10.2 Å². The van der Waals surface area contributed by atoms with Gasteiger partial charge in [-0.15, -0.1) is 0 Å². The fourth-order valence-electron chi connectivity index (χ4n) is 3.69. The Balaban J connectivity index is 1.65. The molecule has 2 heterocycles. The van der Waals surface area contributed by atoms with Gasteiger partial charge in [0.1, 0.15) is 6.61 Å². The molecule has 1 aromatic rings. The van der Waals surface area contributed by atoms with Gasteiger partial charge in [0.25, 0.3) is 0 Å². The number of hydrogen-bond donors (Lipinski definition) is 1. The van der Waals surface area contributed by atoms with E-state index in [1.54, 1.807) is 0 Å². The van der Waals surface area contributed by atoms with Crippen LogP contribution in [0, 0.1) is 5.92 Å². The molecule has 0 radical (unpaired) electrons. The minimum absolute atomic E-state index is 0.169. The molecule has 1 N–H and O–H groups in total. The number of benzene rings is 1. The Morgan fingerprint density at radius 3 is 2.71 bits per heavy atom. The van der Waals surface area contributed by atoms with Crippen molar-refractivity contribution in [3.63, 3.8) is 0 Å². The van der Waals surface area contributed by atoms with E-state index in [4.69, 9.17) is 4.74 Å². The molecule has 21 heavy (non-hydrogen) atoms. The Morgan fingerprint density at radius 2 is 2.05 bits per heavy atom. The van der Waals surface area contributed by atoms with E-state index in [-0.39, 0.29) is 11.8 Å². The predicted molar refractivity (Wildman–Crippen MR) is 81.7 cm³/mol. The number of nitrogens with zero attached hydrogens (tertiary/aromatic N) is 1. The second kappa shape index (κ2) is 6.06. The molecule has 0 atom stereocenters. The Morgan fingerprint density at radius 1 is 1.33 bits per heavy atom. The van der Waals surface area contributed by atoms with Gasteiger partial charge in [-0.3, -0.25) is 10.2 Å². The highest BCUT2D eigenvalue weighted by Gasteiger charge is 2.48. The van der Waals surface area contributed by atoms with E-state index in [0.717, 1.165) is 31.5 Å². The predicted octanol–water partition coefficient (Wildman–Crippen LogP) is 3.13. The molecule has 1 aromatic carbocycles. The van der Waals surface area contributed by atoms with Gasteiger partial charge in [0.2, 0.25) is 0 Å². The Bertz CT molecular complexity index is 475. The van der Waals surface area contributed by atoms with Crippen LogP contribution in [-0.4, -0.2) is 29.7 Å². The monoisotopic (exact) mass is 288 g/mol. The quantitative estimate of drug-likeness (QED) is 0.925. The van der Waals surface area contributed by atoms with Crippen LogP contribution >= 0.6 is 0 Å². The summed E-state index contributed by atoms with van der Waals surface area (Å²) in [5, 5.41) is 3.54. The molecule has 4 rings (SSSR count). The van der Waals surface area contributed by atoms with E-state index in [2.05, 4.69) is 12.2 Å².